The van der Waals surface area contributed by atoms with Gasteiger partial charge in [0.15, 0.2) is 0 Å². The first kappa shape index (κ1) is 18.0. The molecule has 0 saturated carbocycles. The Balaban J connectivity index is 1.37. The molecule has 0 N–H and O–H groups in total. The lowest BCUT2D eigenvalue weighted by Gasteiger charge is -2.14. The van der Waals surface area contributed by atoms with E-state index in [1.165, 1.54) is 12.1 Å². The van der Waals surface area contributed by atoms with Crippen LogP contribution < -0.4 is 0 Å². The number of aromatic nitrogens is 1. The van der Waals surface area contributed by atoms with E-state index in [9.17, 15) is 4.39 Å². The van der Waals surface area contributed by atoms with Gasteiger partial charge in [-0.25, -0.2) is 9.37 Å². The summed E-state index contributed by atoms with van der Waals surface area (Å²) in [5.74, 6) is -0.234. The van der Waals surface area contributed by atoms with Gasteiger partial charge in [0.05, 0.1) is 18.7 Å². The number of rotatable bonds is 4. The Hall–Kier alpha value is -3.08. The molecule has 1 aliphatic rings. The zero-order valence-corrected chi connectivity index (χ0v) is 16.1. The number of aryl methyl sites for hydroxylation is 1. The van der Waals surface area contributed by atoms with E-state index in [1.807, 2.05) is 25.1 Å². The maximum Gasteiger partial charge on any atom is 0.202 e. The largest absolute Gasteiger partial charge is 0.342 e. The van der Waals surface area contributed by atoms with Crippen LogP contribution >= 0.6 is 0 Å². The second kappa shape index (κ2) is 7.39. The molecule has 0 amide bonds. The fourth-order valence-corrected chi connectivity index (χ4v) is 3.79. The quantitative estimate of drug-likeness (QED) is 0.426. The van der Waals surface area contributed by atoms with Crippen LogP contribution in [0.15, 0.2) is 72.8 Å². The molecule has 2 heterocycles. The summed E-state index contributed by atoms with van der Waals surface area (Å²) in [6.07, 6.45) is -0.468. The summed E-state index contributed by atoms with van der Waals surface area (Å²) in [6.45, 7) is 2.96. The van der Waals surface area contributed by atoms with E-state index in [0.717, 1.165) is 44.4 Å². The minimum atomic E-state index is -0.468. The van der Waals surface area contributed by atoms with Crippen LogP contribution in [0.3, 0.4) is 0 Å². The molecule has 1 atom stereocenters. The van der Waals surface area contributed by atoms with Crippen LogP contribution in [0, 0.1) is 12.7 Å². The van der Waals surface area contributed by atoms with Gasteiger partial charge in [-0.2, -0.15) is 0 Å². The van der Waals surface area contributed by atoms with Gasteiger partial charge in [-0.15, -0.1) is 0 Å². The number of pyridine rings is 1. The molecule has 1 unspecified atom stereocenters. The third-order valence-electron chi connectivity index (χ3n) is 5.17. The van der Waals surface area contributed by atoms with Crippen molar-refractivity contribution in [2.75, 3.05) is 0 Å². The van der Waals surface area contributed by atoms with Crippen molar-refractivity contribution in [2.45, 2.75) is 26.4 Å². The number of benzene rings is 3. The number of nitrogens with zero attached hydrogens (tertiary/aromatic N) is 1. The van der Waals surface area contributed by atoms with Crippen LogP contribution in [0.1, 0.15) is 28.7 Å². The Kier molecular flexibility index (Phi) is 4.58. The Labute approximate surface area is 168 Å². The molecule has 0 saturated heterocycles. The highest BCUT2D eigenvalue weighted by atomic mass is 19.1. The monoisotopic (exact) mass is 385 g/mol. The van der Waals surface area contributed by atoms with Crippen LogP contribution in [0.2, 0.25) is 0 Å². The zero-order valence-electron chi connectivity index (χ0n) is 16.1. The normalized spacial score (nSPS) is 15.6. The van der Waals surface area contributed by atoms with Crippen molar-refractivity contribution >= 4 is 10.9 Å². The van der Waals surface area contributed by atoms with Crippen molar-refractivity contribution < 1.29 is 13.9 Å². The maximum absolute atomic E-state index is 13.2. The molecule has 3 aromatic carbocycles. The summed E-state index contributed by atoms with van der Waals surface area (Å²) in [4.78, 5) is 4.75. The lowest BCUT2D eigenvalue weighted by Crippen LogP contribution is -2.05. The van der Waals surface area contributed by atoms with Crippen molar-refractivity contribution in [2.24, 2.45) is 0 Å². The van der Waals surface area contributed by atoms with E-state index in [1.54, 1.807) is 12.1 Å². The van der Waals surface area contributed by atoms with E-state index < -0.39 is 6.29 Å². The lowest BCUT2D eigenvalue weighted by atomic mass is 10.0. The van der Waals surface area contributed by atoms with Gasteiger partial charge in [0, 0.05) is 10.9 Å². The third-order valence-corrected chi connectivity index (χ3v) is 5.17. The Morgan fingerprint density at radius 1 is 1.00 bits per heavy atom. The SMILES string of the molecule is Cc1cc(COC2OCc3cc4ccccc4nc32)cc(-c2ccc(F)cc2)c1. The summed E-state index contributed by atoms with van der Waals surface area (Å²) >= 11 is 0. The Morgan fingerprint density at radius 3 is 2.69 bits per heavy atom. The number of halogens is 1. The molecular formula is C25H20FNO2. The average molecular weight is 385 g/mol. The summed E-state index contributed by atoms with van der Waals surface area (Å²) in [5.41, 5.74) is 7.07. The van der Waals surface area contributed by atoms with Gasteiger partial charge in [0.1, 0.15) is 11.5 Å². The lowest BCUT2D eigenvalue weighted by molar-refractivity contribution is -0.147. The van der Waals surface area contributed by atoms with Crippen molar-refractivity contribution in [3.63, 3.8) is 0 Å². The number of fused-ring (bicyclic) bond motifs is 2. The van der Waals surface area contributed by atoms with Gasteiger partial charge in [-0.3, -0.25) is 0 Å². The molecule has 5 rings (SSSR count). The smallest absolute Gasteiger partial charge is 0.202 e. The summed E-state index contributed by atoms with van der Waals surface area (Å²) in [5, 5.41) is 1.11. The molecular weight excluding hydrogens is 365 g/mol. The summed E-state index contributed by atoms with van der Waals surface area (Å²) in [7, 11) is 0. The van der Waals surface area contributed by atoms with Crippen LogP contribution in [-0.2, 0) is 22.7 Å². The van der Waals surface area contributed by atoms with Gasteiger partial charge < -0.3 is 9.47 Å². The van der Waals surface area contributed by atoms with Crippen molar-refractivity contribution in [3.8, 4) is 11.1 Å². The second-order valence-corrected chi connectivity index (χ2v) is 7.39. The van der Waals surface area contributed by atoms with Crippen LogP contribution in [0.25, 0.3) is 22.0 Å². The Bertz CT molecular complexity index is 1190. The van der Waals surface area contributed by atoms with E-state index in [4.69, 9.17) is 14.5 Å². The average Bonchev–Trinajstić information content (AvgIpc) is 3.12. The summed E-state index contributed by atoms with van der Waals surface area (Å²) < 4.78 is 25.2. The highest BCUT2D eigenvalue weighted by Crippen LogP contribution is 2.33. The van der Waals surface area contributed by atoms with Crippen molar-refractivity contribution in [3.05, 3.63) is 101 Å². The number of hydrogen-bond donors (Lipinski definition) is 0. The van der Waals surface area contributed by atoms with Crippen molar-refractivity contribution in [1.29, 1.82) is 0 Å². The highest BCUT2D eigenvalue weighted by Gasteiger charge is 2.26. The molecule has 1 aromatic heterocycles. The molecule has 0 aliphatic carbocycles. The minimum absolute atomic E-state index is 0.234. The predicted molar refractivity (Wildman–Crippen MR) is 111 cm³/mol. The fourth-order valence-electron chi connectivity index (χ4n) is 3.79. The number of hydrogen-bond acceptors (Lipinski definition) is 3. The number of ether oxygens (including phenoxy) is 2. The molecule has 3 nitrogen and oxygen atoms in total. The molecule has 0 fully saturated rings. The molecule has 29 heavy (non-hydrogen) atoms. The third kappa shape index (κ3) is 3.65. The second-order valence-electron chi connectivity index (χ2n) is 7.39. The predicted octanol–water partition coefficient (Wildman–Crippen LogP) is 6.09. The molecule has 0 spiro atoms. The fraction of sp³-hybridized carbons (Fsp3) is 0.160. The highest BCUT2D eigenvalue weighted by molar-refractivity contribution is 5.79. The molecule has 144 valence electrons. The first-order valence-electron chi connectivity index (χ1n) is 9.64. The zero-order chi connectivity index (χ0) is 19.8. The van der Waals surface area contributed by atoms with Gasteiger partial charge in [-0.05, 0) is 53.9 Å². The van der Waals surface area contributed by atoms with Crippen LogP contribution in [0.5, 0.6) is 0 Å². The van der Waals surface area contributed by atoms with Crippen LogP contribution in [-0.4, -0.2) is 4.98 Å². The molecule has 1 aliphatic heterocycles. The number of para-hydroxylation sites is 1. The van der Waals surface area contributed by atoms with Crippen molar-refractivity contribution in [1.82, 2.24) is 4.98 Å². The van der Waals surface area contributed by atoms with E-state index in [0.29, 0.717) is 13.2 Å². The molecule has 0 bridgehead atoms. The van der Waals surface area contributed by atoms with Gasteiger partial charge in [-0.1, -0.05) is 48.0 Å². The van der Waals surface area contributed by atoms with E-state index in [-0.39, 0.29) is 5.82 Å². The first-order valence-corrected chi connectivity index (χ1v) is 9.64. The maximum atomic E-state index is 13.2. The van der Waals surface area contributed by atoms with E-state index >= 15 is 0 Å². The minimum Gasteiger partial charge on any atom is -0.342 e. The molecule has 4 aromatic rings. The van der Waals surface area contributed by atoms with Gasteiger partial charge in [0.25, 0.3) is 0 Å². The topological polar surface area (TPSA) is 31.4 Å². The van der Waals surface area contributed by atoms with Gasteiger partial charge >= 0.3 is 0 Å². The molecule has 0 radical (unpaired) electrons. The van der Waals surface area contributed by atoms with Gasteiger partial charge in [0.2, 0.25) is 6.29 Å². The molecule has 4 heteroatoms. The van der Waals surface area contributed by atoms with E-state index in [2.05, 4.69) is 30.3 Å². The Morgan fingerprint density at radius 2 is 1.83 bits per heavy atom. The van der Waals surface area contributed by atoms with Crippen LogP contribution in [0.4, 0.5) is 4.39 Å². The summed E-state index contributed by atoms with van der Waals surface area (Å²) in [6, 6.07) is 23.0. The standard InChI is InChI=1S/C25H20FNO2/c1-16-10-17(12-20(11-16)18-6-8-22(26)9-7-18)14-28-25-24-21(15-29-25)13-19-4-2-3-5-23(19)27-24/h2-13,25H,14-15H2,1H3. The first-order chi connectivity index (χ1) is 14.2.